The summed E-state index contributed by atoms with van der Waals surface area (Å²) in [6, 6.07) is 14.2. The summed E-state index contributed by atoms with van der Waals surface area (Å²) in [5.74, 6) is -0.359. The Morgan fingerprint density at radius 2 is 1.85 bits per heavy atom. The molecule has 0 aliphatic carbocycles. The summed E-state index contributed by atoms with van der Waals surface area (Å²) in [5, 5.41) is 6.74. The van der Waals surface area contributed by atoms with Crippen LogP contribution in [0.5, 0.6) is 0 Å². The van der Waals surface area contributed by atoms with Crippen LogP contribution in [-0.2, 0) is 0 Å². The van der Waals surface area contributed by atoms with Crippen molar-refractivity contribution in [1.82, 2.24) is 10.3 Å². The van der Waals surface area contributed by atoms with E-state index in [2.05, 4.69) is 15.6 Å². The summed E-state index contributed by atoms with van der Waals surface area (Å²) < 4.78 is 0. The lowest BCUT2D eigenvalue weighted by molar-refractivity contribution is 0.0965. The van der Waals surface area contributed by atoms with Gasteiger partial charge in [-0.3, -0.25) is 9.59 Å². The fourth-order valence-corrected chi connectivity index (χ4v) is 3.18. The molecule has 3 rings (SSSR count). The van der Waals surface area contributed by atoms with Gasteiger partial charge in [0.2, 0.25) is 0 Å². The van der Waals surface area contributed by atoms with Crippen LogP contribution in [-0.4, -0.2) is 23.8 Å². The number of hydrogen-bond acceptors (Lipinski definition) is 4. The number of anilines is 1. The van der Waals surface area contributed by atoms with E-state index in [4.69, 9.17) is 11.6 Å². The topological polar surface area (TPSA) is 71.1 Å². The normalized spacial score (nSPS) is 10.7. The number of carbonyl (C=O) groups is 2. The van der Waals surface area contributed by atoms with Crippen LogP contribution in [0.1, 0.15) is 30.6 Å². The van der Waals surface area contributed by atoms with Crippen molar-refractivity contribution in [2.24, 2.45) is 0 Å². The first-order chi connectivity index (χ1) is 13.0. The highest BCUT2D eigenvalue weighted by Gasteiger charge is 2.07. The van der Waals surface area contributed by atoms with Gasteiger partial charge in [-0.1, -0.05) is 29.8 Å². The number of halogens is 1. The van der Waals surface area contributed by atoms with E-state index in [-0.39, 0.29) is 11.8 Å². The molecule has 0 radical (unpaired) electrons. The molecule has 0 spiro atoms. The summed E-state index contributed by atoms with van der Waals surface area (Å²) in [5.41, 5.74) is 2.12. The molecule has 136 valence electrons. The zero-order valence-electron chi connectivity index (χ0n) is 14.4. The maximum Gasteiger partial charge on any atom is 0.262 e. The van der Waals surface area contributed by atoms with E-state index in [0.29, 0.717) is 21.2 Å². The molecule has 0 aliphatic rings. The molecule has 2 N–H and O–H groups in total. The van der Waals surface area contributed by atoms with E-state index in [0.717, 1.165) is 10.6 Å². The molecule has 0 unspecified atom stereocenters. The third-order valence-electron chi connectivity index (χ3n) is 3.64. The van der Waals surface area contributed by atoms with Crippen molar-refractivity contribution in [3.8, 4) is 0 Å². The van der Waals surface area contributed by atoms with Crippen molar-refractivity contribution in [3.05, 3.63) is 80.8 Å². The number of benzene rings is 2. The van der Waals surface area contributed by atoms with Crippen molar-refractivity contribution in [2.45, 2.75) is 0 Å². The molecular formula is C20H16ClN3O2S. The SMILES string of the molecule is CNC(=O)c1cnc(/C=C/c2cccc(NC(=O)c3ccc(Cl)cc3)c2)s1. The van der Waals surface area contributed by atoms with E-state index in [1.165, 1.54) is 11.3 Å². The maximum absolute atomic E-state index is 12.3. The highest BCUT2D eigenvalue weighted by atomic mass is 35.5. The second kappa shape index (κ2) is 8.62. The smallest absolute Gasteiger partial charge is 0.262 e. The zero-order chi connectivity index (χ0) is 19.2. The van der Waals surface area contributed by atoms with E-state index >= 15 is 0 Å². The summed E-state index contributed by atoms with van der Waals surface area (Å²) >= 11 is 7.15. The Morgan fingerprint density at radius 3 is 2.59 bits per heavy atom. The molecule has 2 aromatic carbocycles. The van der Waals surface area contributed by atoms with E-state index in [1.54, 1.807) is 37.5 Å². The Kier molecular flexibility index (Phi) is 6.01. The number of thiazole rings is 1. The summed E-state index contributed by atoms with van der Waals surface area (Å²) in [4.78, 5) is 28.6. The summed E-state index contributed by atoms with van der Waals surface area (Å²) in [6.45, 7) is 0. The van der Waals surface area contributed by atoms with Crippen LogP contribution in [0.2, 0.25) is 5.02 Å². The average molecular weight is 398 g/mol. The molecule has 1 aromatic heterocycles. The first-order valence-corrected chi connectivity index (χ1v) is 9.27. The number of amides is 2. The fraction of sp³-hybridized carbons (Fsp3) is 0.0500. The quantitative estimate of drug-likeness (QED) is 0.662. The number of nitrogens with zero attached hydrogens (tertiary/aromatic N) is 1. The van der Waals surface area contributed by atoms with Crippen LogP contribution in [0.4, 0.5) is 5.69 Å². The zero-order valence-corrected chi connectivity index (χ0v) is 16.0. The third-order valence-corrected chi connectivity index (χ3v) is 4.86. The van der Waals surface area contributed by atoms with Gasteiger partial charge in [-0.2, -0.15) is 0 Å². The van der Waals surface area contributed by atoms with Gasteiger partial charge in [0.25, 0.3) is 11.8 Å². The Labute approximate surface area is 165 Å². The number of hydrogen-bond donors (Lipinski definition) is 2. The van der Waals surface area contributed by atoms with E-state index < -0.39 is 0 Å². The van der Waals surface area contributed by atoms with Crippen LogP contribution in [0.15, 0.2) is 54.7 Å². The largest absolute Gasteiger partial charge is 0.354 e. The van der Waals surface area contributed by atoms with E-state index in [9.17, 15) is 9.59 Å². The van der Waals surface area contributed by atoms with Gasteiger partial charge < -0.3 is 10.6 Å². The molecule has 2 amide bonds. The predicted octanol–water partition coefficient (Wildman–Crippen LogP) is 4.58. The Bertz CT molecular complexity index is 996. The molecule has 5 nitrogen and oxygen atoms in total. The minimum atomic E-state index is -0.206. The lowest BCUT2D eigenvalue weighted by Crippen LogP contribution is -2.16. The van der Waals surface area contributed by atoms with Gasteiger partial charge in [-0.05, 0) is 48.0 Å². The fourth-order valence-electron chi connectivity index (χ4n) is 2.28. The minimum Gasteiger partial charge on any atom is -0.354 e. The van der Waals surface area contributed by atoms with Crippen LogP contribution >= 0.6 is 22.9 Å². The highest BCUT2D eigenvalue weighted by molar-refractivity contribution is 7.14. The van der Waals surface area contributed by atoms with Crippen LogP contribution in [0.3, 0.4) is 0 Å². The number of rotatable bonds is 5. The second-order valence-corrected chi connectivity index (χ2v) is 7.06. The van der Waals surface area contributed by atoms with Gasteiger partial charge in [0.05, 0.1) is 6.20 Å². The van der Waals surface area contributed by atoms with Crippen LogP contribution < -0.4 is 10.6 Å². The second-order valence-electron chi connectivity index (χ2n) is 5.56. The van der Waals surface area contributed by atoms with Crippen molar-refractivity contribution in [1.29, 1.82) is 0 Å². The molecule has 0 atom stereocenters. The molecule has 0 fully saturated rings. The molecular weight excluding hydrogens is 382 g/mol. The van der Waals surface area contributed by atoms with Crippen molar-refractivity contribution < 1.29 is 9.59 Å². The first-order valence-electron chi connectivity index (χ1n) is 8.08. The van der Waals surface area contributed by atoms with Gasteiger partial charge in [-0.25, -0.2) is 4.98 Å². The van der Waals surface area contributed by atoms with Gasteiger partial charge in [0.1, 0.15) is 9.88 Å². The highest BCUT2D eigenvalue weighted by Crippen LogP contribution is 2.18. The molecule has 0 bridgehead atoms. The standard InChI is InChI=1S/C20H16ClN3O2S/c1-22-20(26)17-12-23-18(27-17)10-5-13-3-2-4-16(11-13)24-19(25)14-6-8-15(21)9-7-14/h2-12H,1H3,(H,22,26)(H,24,25)/b10-5+. The van der Waals surface area contributed by atoms with Gasteiger partial charge in [-0.15, -0.1) is 11.3 Å². The first kappa shape index (κ1) is 18.8. The minimum absolute atomic E-state index is 0.154. The molecule has 3 aromatic rings. The maximum atomic E-state index is 12.3. The molecule has 7 heteroatoms. The van der Waals surface area contributed by atoms with Crippen molar-refractivity contribution in [3.63, 3.8) is 0 Å². The Hall–Kier alpha value is -2.96. The molecule has 0 aliphatic heterocycles. The monoisotopic (exact) mass is 397 g/mol. The van der Waals surface area contributed by atoms with Crippen LogP contribution in [0.25, 0.3) is 12.2 Å². The molecule has 27 heavy (non-hydrogen) atoms. The van der Waals surface area contributed by atoms with Crippen molar-refractivity contribution in [2.75, 3.05) is 12.4 Å². The Morgan fingerprint density at radius 1 is 1.07 bits per heavy atom. The molecule has 0 saturated carbocycles. The van der Waals surface area contributed by atoms with E-state index in [1.807, 2.05) is 36.4 Å². The van der Waals surface area contributed by atoms with Crippen LogP contribution in [0, 0.1) is 0 Å². The number of nitrogens with one attached hydrogen (secondary N) is 2. The summed E-state index contributed by atoms with van der Waals surface area (Å²) in [7, 11) is 1.58. The van der Waals surface area contributed by atoms with Gasteiger partial charge in [0.15, 0.2) is 0 Å². The third kappa shape index (κ3) is 5.03. The predicted molar refractivity (Wildman–Crippen MR) is 110 cm³/mol. The lowest BCUT2D eigenvalue weighted by atomic mass is 10.1. The summed E-state index contributed by atoms with van der Waals surface area (Å²) in [6.07, 6.45) is 5.26. The number of aromatic nitrogens is 1. The van der Waals surface area contributed by atoms with Crippen molar-refractivity contribution >= 4 is 52.6 Å². The van der Waals surface area contributed by atoms with Gasteiger partial charge in [0, 0.05) is 23.3 Å². The number of carbonyl (C=O) groups excluding carboxylic acids is 2. The average Bonchev–Trinajstić information content (AvgIpc) is 3.15. The lowest BCUT2D eigenvalue weighted by Gasteiger charge is -2.06. The van der Waals surface area contributed by atoms with Gasteiger partial charge >= 0.3 is 0 Å². The Balaban J connectivity index is 1.69. The molecule has 0 saturated heterocycles. The molecule has 1 heterocycles.